The van der Waals surface area contributed by atoms with Crippen molar-refractivity contribution in [3.8, 4) is 0 Å². The molecule has 1 aliphatic heterocycles. The predicted molar refractivity (Wildman–Crippen MR) is 85.6 cm³/mol. The average Bonchev–Trinajstić information content (AvgIpc) is 2.71. The van der Waals surface area contributed by atoms with Crippen molar-refractivity contribution in [3.05, 3.63) is 28.2 Å². The Balaban J connectivity index is 2.20. The normalized spacial score (nSPS) is 25.1. The van der Waals surface area contributed by atoms with Gasteiger partial charge in [0, 0.05) is 29.6 Å². The molecule has 1 fully saturated rings. The number of likely N-dealkylation sites (N-methyl/N-ethyl adjacent to an activating group) is 1. The predicted octanol–water partition coefficient (Wildman–Crippen LogP) is 2.86. The summed E-state index contributed by atoms with van der Waals surface area (Å²) in [4.78, 5) is 4.79. The molecule has 106 valence electrons. The molecule has 1 aliphatic rings. The Morgan fingerprint density at radius 1 is 1.37 bits per heavy atom. The third kappa shape index (κ3) is 3.12. The largest absolute Gasteiger partial charge is 0.369 e. The Kier molecular flexibility index (Phi) is 4.54. The molecule has 0 amide bonds. The van der Waals surface area contributed by atoms with Crippen molar-refractivity contribution in [1.29, 1.82) is 0 Å². The maximum absolute atomic E-state index is 5.93. The van der Waals surface area contributed by atoms with Gasteiger partial charge in [0.15, 0.2) is 0 Å². The number of benzene rings is 1. The highest BCUT2D eigenvalue weighted by molar-refractivity contribution is 9.10. The molecule has 2 N–H and O–H groups in total. The molecule has 0 bridgehead atoms. The van der Waals surface area contributed by atoms with Crippen LogP contribution < -0.4 is 10.6 Å². The summed E-state index contributed by atoms with van der Waals surface area (Å²) < 4.78 is 1.15. The zero-order valence-corrected chi connectivity index (χ0v) is 13.8. The zero-order valence-electron chi connectivity index (χ0n) is 12.2. The minimum Gasteiger partial charge on any atom is -0.369 e. The Morgan fingerprint density at radius 2 is 2.05 bits per heavy atom. The minimum absolute atomic E-state index is 0.0809. The first-order valence-corrected chi connectivity index (χ1v) is 7.66. The number of hydrogen-bond donors (Lipinski definition) is 1. The van der Waals surface area contributed by atoms with Crippen LogP contribution in [0, 0.1) is 5.92 Å². The van der Waals surface area contributed by atoms with Gasteiger partial charge in [-0.2, -0.15) is 0 Å². The SMILES string of the molecule is CC(N)c1ccc(N2CC(C)C(N(C)C)C2)c(Br)c1. The summed E-state index contributed by atoms with van der Waals surface area (Å²) in [5.74, 6) is 0.690. The van der Waals surface area contributed by atoms with Crippen LogP contribution in [-0.4, -0.2) is 38.1 Å². The average molecular weight is 326 g/mol. The first-order valence-electron chi connectivity index (χ1n) is 6.86. The first kappa shape index (κ1) is 14.8. The molecule has 0 radical (unpaired) electrons. The number of rotatable bonds is 3. The molecule has 3 nitrogen and oxygen atoms in total. The summed E-state index contributed by atoms with van der Waals surface area (Å²) in [6.07, 6.45) is 0. The number of nitrogens with zero attached hydrogens (tertiary/aromatic N) is 2. The molecule has 1 aromatic carbocycles. The van der Waals surface area contributed by atoms with Crippen molar-refractivity contribution in [2.24, 2.45) is 11.7 Å². The second kappa shape index (κ2) is 5.81. The molecule has 1 aromatic rings. The molecule has 2 rings (SSSR count). The van der Waals surface area contributed by atoms with Crippen molar-refractivity contribution >= 4 is 21.6 Å². The quantitative estimate of drug-likeness (QED) is 0.927. The summed E-state index contributed by atoms with van der Waals surface area (Å²) in [6.45, 7) is 6.54. The highest BCUT2D eigenvalue weighted by Crippen LogP contribution is 2.33. The van der Waals surface area contributed by atoms with Crippen LogP contribution in [0.4, 0.5) is 5.69 Å². The lowest BCUT2D eigenvalue weighted by molar-refractivity contribution is 0.266. The van der Waals surface area contributed by atoms with Crippen molar-refractivity contribution in [1.82, 2.24) is 4.90 Å². The summed E-state index contributed by atoms with van der Waals surface area (Å²) in [6, 6.07) is 7.18. The van der Waals surface area contributed by atoms with E-state index in [1.54, 1.807) is 0 Å². The van der Waals surface area contributed by atoms with Crippen LogP contribution in [-0.2, 0) is 0 Å². The van der Waals surface area contributed by atoms with Crippen molar-refractivity contribution in [3.63, 3.8) is 0 Å². The fourth-order valence-corrected chi connectivity index (χ4v) is 3.53. The molecule has 1 saturated heterocycles. The zero-order chi connectivity index (χ0) is 14.2. The molecule has 3 unspecified atom stereocenters. The highest BCUT2D eigenvalue weighted by atomic mass is 79.9. The lowest BCUT2D eigenvalue weighted by atomic mass is 10.1. The number of nitrogens with two attached hydrogens (primary N) is 1. The van der Waals surface area contributed by atoms with Gasteiger partial charge in [0.1, 0.15) is 0 Å². The summed E-state index contributed by atoms with van der Waals surface area (Å²) in [5, 5.41) is 0. The molecule has 0 aromatic heterocycles. The van der Waals surface area contributed by atoms with Gasteiger partial charge >= 0.3 is 0 Å². The molecular weight excluding hydrogens is 302 g/mol. The molecule has 0 spiro atoms. The number of anilines is 1. The fraction of sp³-hybridized carbons (Fsp3) is 0.600. The van der Waals surface area contributed by atoms with E-state index in [-0.39, 0.29) is 6.04 Å². The molecule has 1 heterocycles. The van der Waals surface area contributed by atoms with E-state index in [1.807, 2.05) is 6.92 Å². The fourth-order valence-electron chi connectivity index (χ4n) is 2.88. The van der Waals surface area contributed by atoms with Gasteiger partial charge in [-0.05, 0) is 60.6 Å². The maximum Gasteiger partial charge on any atom is 0.0511 e. The summed E-state index contributed by atoms with van der Waals surface area (Å²) in [7, 11) is 4.33. The molecular formula is C15H24BrN3. The van der Waals surface area contributed by atoms with Crippen LogP contribution in [0.2, 0.25) is 0 Å². The van der Waals surface area contributed by atoms with Gasteiger partial charge in [0.25, 0.3) is 0 Å². The Hall–Kier alpha value is -0.580. The molecule has 3 atom stereocenters. The molecule has 0 aliphatic carbocycles. The number of halogens is 1. The van der Waals surface area contributed by atoms with E-state index < -0.39 is 0 Å². The topological polar surface area (TPSA) is 32.5 Å². The molecule has 4 heteroatoms. The van der Waals surface area contributed by atoms with E-state index in [4.69, 9.17) is 5.73 Å². The Bertz CT molecular complexity index is 445. The van der Waals surface area contributed by atoms with Crippen LogP contribution in [0.1, 0.15) is 25.5 Å². The van der Waals surface area contributed by atoms with E-state index in [0.29, 0.717) is 12.0 Å². The monoisotopic (exact) mass is 325 g/mol. The van der Waals surface area contributed by atoms with Crippen LogP contribution in [0.25, 0.3) is 0 Å². The lowest BCUT2D eigenvalue weighted by Gasteiger charge is -2.24. The van der Waals surface area contributed by atoms with Gasteiger partial charge < -0.3 is 15.5 Å². The van der Waals surface area contributed by atoms with E-state index >= 15 is 0 Å². The van der Waals surface area contributed by atoms with Gasteiger partial charge in [0.2, 0.25) is 0 Å². The molecule has 19 heavy (non-hydrogen) atoms. The first-order chi connectivity index (χ1) is 8.90. The van der Waals surface area contributed by atoms with Crippen LogP contribution >= 0.6 is 15.9 Å². The van der Waals surface area contributed by atoms with Gasteiger partial charge in [-0.25, -0.2) is 0 Å². The summed E-state index contributed by atoms with van der Waals surface area (Å²) in [5.41, 5.74) is 8.38. The third-order valence-electron chi connectivity index (χ3n) is 4.07. The van der Waals surface area contributed by atoms with E-state index in [9.17, 15) is 0 Å². The highest BCUT2D eigenvalue weighted by Gasteiger charge is 2.31. The lowest BCUT2D eigenvalue weighted by Crippen LogP contribution is -2.34. The molecule has 0 saturated carbocycles. The van der Waals surface area contributed by atoms with E-state index in [1.165, 1.54) is 11.3 Å². The van der Waals surface area contributed by atoms with Crippen LogP contribution in [0.3, 0.4) is 0 Å². The maximum atomic E-state index is 5.93. The summed E-state index contributed by atoms with van der Waals surface area (Å²) >= 11 is 3.69. The third-order valence-corrected chi connectivity index (χ3v) is 4.71. The van der Waals surface area contributed by atoms with E-state index in [2.05, 4.69) is 64.9 Å². The second-order valence-electron chi connectivity index (χ2n) is 5.91. The van der Waals surface area contributed by atoms with Crippen molar-refractivity contribution < 1.29 is 0 Å². The van der Waals surface area contributed by atoms with Crippen molar-refractivity contribution in [2.75, 3.05) is 32.1 Å². The smallest absolute Gasteiger partial charge is 0.0511 e. The van der Waals surface area contributed by atoms with Gasteiger partial charge in [-0.1, -0.05) is 13.0 Å². The minimum atomic E-state index is 0.0809. The van der Waals surface area contributed by atoms with Gasteiger partial charge in [-0.15, -0.1) is 0 Å². The van der Waals surface area contributed by atoms with Crippen LogP contribution in [0.15, 0.2) is 22.7 Å². The second-order valence-corrected chi connectivity index (χ2v) is 6.77. The van der Waals surface area contributed by atoms with Gasteiger partial charge in [-0.3, -0.25) is 0 Å². The van der Waals surface area contributed by atoms with Crippen molar-refractivity contribution in [2.45, 2.75) is 25.9 Å². The van der Waals surface area contributed by atoms with Gasteiger partial charge in [0.05, 0.1) is 5.69 Å². The Morgan fingerprint density at radius 3 is 2.53 bits per heavy atom. The standard InChI is InChI=1S/C15H24BrN3/c1-10-8-19(9-15(10)18(3)4)14-6-5-12(11(2)17)7-13(14)16/h5-7,10-11,15H,8-9,17H2,1-4H3. The van der Waals surface area contributed by atoms with E-state index in [0.717, 1.165) is 17.6 Å². The van der Waals surface area contributed by atoms with Crippen LogP contribution in [0.5, 0.6) is 0 Å². The Labute approximate surface area is 124 Å². The number of hydrogen-bond acceptors (Lipinski definition) is 3.